The fraction of sp³-hybridized carbons (Fsp3) is 0.364. The first-order valence-corrected chi connectivity index (χ1v) is 5.91. The predicted octanol–water partition coefficient (Wildman–Crippen LogP) is 3.44. The Bertz CT molecular complexity index is 414. The van der Waals surface area contributed by atoms with E-state index in [2.05, 4.69) is 15.9 Å². The first-order valence-electron chi connectivity index (χ1n) is 4.74. The predicted molar refractivity (Wildman–Crippen MR) is 66.2 cm³/mol. The van der Waals surface area contributed by atoms with Gasteiger partial charge in [-0.25, -0.2) is 0 Å². The number of rotatable bonds is 3. The minimum absolute atomic E-state index is 0.0275. The highest BCUT2D eigenvalue weighted by atomic mass is 79.9. The Kier molecular flexibility index (Phi) is 4.21. The molecular weight excluding hydrogens is 295 g/mol. The van der Waals surface area contributed by atoms with Gasteiger partial charge in [0.05, 0.1) is 4.47 Å². The molecule has 0 amide bonds. The number of aromatic hydroxyl groups is 1. The van der Waals surface area contributed by atoms with Gasteiger partial charge in [-0.1, -0.05) is 11.6 Å². The minimum Gasteiger partial charge on any atom is -0.506 e. The largest absolute Gasteiger partial charge is 0.506 e. The highest BCUT2D eigenvalue weighted by Crippen LogP contribution is 2.39. The summed E-state index contributed by atoms with van der Waals surface area (Å²) in [5.41, 5.74) is 2.08. The molecular formula is C11H12BrClO3. The number of phenols is 1. The third kappa shape index (κ3) is 2.50. The molecule has 0 atom stereocenters. The van der Waals surface area contributed by atoms with Crippen LogP contribution in [0.2, 0.25) is 5.02 Å². The summed E-state index contributed by atoms with van der Waals surface area (Å²) in [4.78, 5) is 10.5. The normalized spacial score (nSPS) is 10.5. The van der Waals surface area contributed by atoms with Crippen LogP contribution >= 0.6 is 27.5 Å². The molecule has 1 aromatic rings. The number of carboxylic acid groups (broad SMARTS) is 1. The molecule has 3 nitrogen and oxygen atoms in total. The highest BCUT2D eigenvalue weighted by Gasteiger charge is 2.17. The molecule has 5 heteroatoms. The molecule has 0 saturated heterocycles. The third-order valence-corrected chi connectivity index (χ3v) is 4.06. The van der Waals surface area contributed by atoms with Crippen molar-refractivity contribution in [2.24, 2.45) is 0 Å². The number of carboxylic acids is 1. The molecule has 0 aliphatic rings. The van der Waals surface area contributed by atoms with E-state index in [0.29, 0.717) is 15.1 Å². The van der Waals surface area contributed by atoms with Crippen molar-refractivity contribution in [3.63, 3.8) is 0 Å². The van der Waals surface area contributed by atoms with Crippen molar-refractivity contribution in [3.8, 4) is 5.75 Å². The van der Waals surface area contributed by atoms with Crippen molar-refractivity contribution >= 4 is 33.5 Å². The molecule has 0 saturated carbocycles. The van der Waals surface area contributed by atoms with Crippen molar-refractivity contribution in [1.29, 1.82) is 0 Å². The van der Waals surface area contributed by atoms with Gasteiger partial charge in [-0.15, -0.1) is 0 Å². The lowest BCUT2D eigenvalue weighted by atomic mass is 10.00. The Morgan fingerprint density at radius 1 is 1.38 bits per heavy atom. The second kappa shape index (κ2) is 5.06. The van der Waals surface area contributed by atoms with Crippen LogP contribution < -0.4 is 0 Å². The number of benzene rings is 1. The van der Waals surface area contributed by atoms with Crippen LogP contribution in [-0.4, -0.2) is 16.2 Å². The molecule has 0 radical (unpaired) electrons. The van der Waals surface area contributed by atoms with Crippen molar-refractivity contribution in [2.75, 3.05) is 0 Å². The molecule has 0 aliphatic heterocycles. The van der Waals surface area contributed by atoms with Crippen LogP contribution in [0.1, 0.15) is 23.1 Å². The van der Waals surface area contributed by atoms with E-state index in [1.807, 2.05) is 0 Å². The average Bonchev–Trinajstić information content (AvgIpc) is 2.23. The molecule has 0 heterocycles. The van der Waals surface area contributed by atoms with E-state index in [9.17, 15) is 9.90 Å². The number of aliphatic carboxylic acids is 1. The SMILES string of the molecule is Cc1c(Cl)c(C)c(CCC(=O)O)c(O)c1Br. The van der Waals surface area contributed by atoms with Gasteiger partial charge in [0.1, 0.15) is 5.75 Å². The van der Waals surface area contributed by atoms with Crippen LogP contribution in [0.4, 0.5) is 0 Å². The number of halogens is 2. The van der Waals surface area contributed by atoms with Gasteiger partial charge in [0.15, 0.2) is 0 Å². The van der Waals surface area contributed by atoms with E-state index in [4.69, 9.17) is 16.7 Å². The molecule has 2 N–H and O–H groups in total. The van der Waals surface area contributed by atoms with Gasteiger partial charge in [-0.05, 0) is 47.3 Å². The molecule has 1 aromatic carbocycles. The summed E-state index contributed by atoms with van der Waals surface area (Å²) in [6, 6.07) is 0. The van der Waals surface area contributed by atoms with E-state index in [1.54, 1.807) is 13.8 Å². The van der Waals surface area contributed by atoms with E-state index in [-0.39, 0.29) is 18.6 Å². The summed E-state index contributed by atoms with van der Waals surface area (Å²) in [6.07, 6.45) is 0.242. The van der Waals surface area contributed by atoms with Gasteiger partial charge in [0.25, 0.3) is 0 Å². The molecule has 0 aliphatic carbocycles. The number of hydrogen-bond donors (Lipinski definition) is 2. The fourth-order valence-corrected chi connectivity index (χ4v) is 2.30. The van der Waals surface area contributed by atoms with Gasteiger partial charge in [-0.3, -0.25) is 4.79 Å². The highest BCUT2D eigenvalue weighted by molar-refractivity contribution is 9.10. The lowest BCUT2D eigenvalue weighted by molar-refractivity contribution is -0.136. The quantitative estimate of drug-likeness (QED) is 0.899. The molecule has 0 bridgehead atoms. The van der Waals surface area contributed by atoms with E-state index in [0.717, 1.165) is 11.1 Å². The second-order valence-corrected chi connectivity index (χ2v) is 4.77. The zero-order valence-electron chi connectivity index (χ0n) is 8.97. The van der Waals surface area contributed by atoms with Crippen LogP contribution in [-0.2, 0) is 11.2 Å². The monoisotopic (exact) mass is 306 g/mol. The fourth-order valence-electron chi connectivity index (χ4n) is 1.54. The summed E-state index contributed by atoms with van der Waals surface area (Å²) in [5.74, 6) is -0.813. The first-order chi connectivity index (χ1) is 7.36. The average molecular weight is 308 g/mol. The van der Waals surface area contributed by atoms with Crippen molar-refractivity contribution in [3.05, 3.63) is 26.2 Å². The van der Waals surface area contributed by atoms with Gasteiger partial charge < -0.3 is 10.2 Å². The molecule has 0 spiro atoms. The zero-order valence-corrected chi connectivity index (χ0v) is 11.3. The maximum absolute atomic E-state index is 10.5. The van der Waals surface area contributed by atoms with Gasteiger partial charge in [0.2, 0.25) is 0 Å². The summed E-state index contributed by atoms with van der Waals surface area (Å²) < 4.78 is 0.531. The number of hydrogen-bond acceptors (Lipinski definition) is 2. The summed E-state index contributed by atoms with van der Waals surface area (Å²) in [7, 11) is 0. The molecule has 0 aromatic heterocycles. The van der Waals surface area contributed by atoms with Crippen LogP contribution in [0.5, 0.6) is 5.75 Å². The molecule has 88 valence electrons. The zero-order chi connectivity index (χ0) is 12.5. The topological polar surface area (TPSA) is 57.5 Å². The smallest absolute Gasteiger partial charge is 0.303 e. The van der Waals surface area contributed by atoms with Crippen LogP contribution in [0, 0.1) is 13.8 Å². The summed E-state index contributed by atoms with van der Waals surface area (Å²) in [6.45, 7) is 3.57. The standard InChI is InChI=1S/C11H12BrClO3/c1-5-7(3-4-8(14)15)11(16)9(12)6(2)10(5)13/h16H,3-4H2,1-2H3,(H,14,15). The lowest BCUT2D eigenvalue weighted by Crippen LogP contribution is -2.01. The Balaban J connectivity index is 3.23. The van der Waals surface area contributed by atoms with Crippen LogP contribution in [0.25, 0.3) is 0 Å². The van der Waals surface area contributed by atoms with E-state index < -0.39 is 5.97 Å². The van der Waals surface area contributed by atoms with Gasteiger partial charge in [0, 0.05) is 17.0 Å². The lowest BCUT2D eigenvalue weighted by Gasteiger charge is -2.14. The summed E-state index contributed by atoms with van der Waals surface area (Å²) in [5, 5.41) is 19.1. The Hall–Kier alpha value is -0.740. The number of carbonyl (C=O) groups is 1. The molecule has 16 heavy (non-hydrogen) atoms. The van der Waals surface area contributed by atoms with E-state index in [1.165, 1.54) is 0 Å². The molecule has 1 rings (SSSR count). The first kappa shape index (κ1) is 13.3. The minimum atomic E-state index is -0.897. The Morgan fingerprint density at radius 3 is 2.44 bits per heavy atom. The van der Waals surface area contributed by atoms with Gasteiger partial charge >= 0.3 is 5.97 Å². The van der Waals surface area contributed by atoms with Crippen molar-refractivity contribution in [2.45, 2.75) is 26.7 Å². The maximum atomic E-state index is 10.5. The van der Waals surface area contributed by atoms with Crippen molar-refractivity contribution < 1.29 is 15.0 Å². The van der Waals surface area contributed by atoms with Crippen molar-refractivity contribution in [1.82, 2.24) is 0 Å². The van der Waals surface area contributed by atoms with Crippen LogP contribution in [0.3, 0.4) is 0 Å². The Morgan fingerprint density at radius 2 is 1.94 bits per heavy atom. The summed E-state index contributed by atoms with van der Waals surface area (Å²) >= 11 is 9.33. The molecule has 0 fully saturated rings. The second-order valence-electron chi connectivity index (χ2n) is 3.60. The maximum Gasteiger partial charge on any atom is 0.303 e. The van der Waals surface area contributed by atoms with Crippen LogP contribution in [0.15, 0.2) is 4.47 Å². The Labute approximate surface area is 107 Å². The molecule has 0 unspecified atom stereocenters. The van der Waals surface area contributed by atoms with E-state index >= 15 is 0 Å². The van der Waals surface area contributed by atoms with Gasteiger partial charge in [-0.2, -0.15) is 0 Å². The third-order valence-electron chi connectivity index (χ3n) is 2.52. The number of phenolic OH excluding ortho intramolecular Hbond substituents is 1.